The van der Waals surface area contributed by atoms with Crippen molar-refractivity contribution < 1.29 is 28.6 Å². The third-order valence-corrected chi connectivity index (χ3v) is 5.44. The number of carbonyl (C=O) groups excluding carboxylic acids is 3. The molecular weight excluding hydrogens is 458 g/mol. The topological polar surface area (TPSA) is 116 Å². The molecule has 3 rings (SSSR count). The van der Waals surface area contributed by atoms with E-state index in [2.05, 4.69) is 15.6 Å². The molecule has 2 aromatic carbocycles. The fourth-order valence-electron chi connectivity index (χ4n) is 2.82. The number of esters is 1. The average molecular weight is 484 g/mol. The van der Waals surface area contributed by atoms with Crippen LogP contribution < -0.4 is 20.1 Å². The third kappa shape index (κ3) is 6.55. The molecule has 0 unspecified atom stereocenters. The number of thiazole rings is 1. The zero-order valence-corrected chi connectivity index (χ0v) is 19.9. The molecule has 0 atom stereocenters. The van der Waals surface area contributed by atoms with E-state index in [9.17, 15) is 14.4 Å². The standard InChI is InChI=1S/C24H25N3O6S/c1-4-5-10-33-23(30)15-6-8-17(9-7-15)25-22(29)20-14-34-24(26-20)27-21(28)16-11-18(31-2)13-19(12-16)32-3/h6-9,11-14H,4-5,10H2,1-3H3,(H,25,29)(H,26,27,28). The summed E-state index contributed by atoms with van der Waals surface area (Å²) >= 11 is 1.12. The van der Waals surface area contributed by atoms with Crippen LogP contribution in [0.2, 0.25) is 0 Å². The fourth-order valence-corrected chi connectivity index (χ4v) is 3.51. The SMILES string of the molecule is CCCCOC(=O)c1ccc(NC(=O)c2csc(NC(=O)c3cc(OC)cc(OC)c3)n2)cc1. The Morgan fingerprint density at radius 2 is 1.59 bits per heavy atom. The highest BCUT2D eigenvalue weighted by Crippen LogP contribution is 2.24. The second-order valence-corrected chi connectivity index (χ2v) is 7.97. The van der Waals surface area contributed by atoms with Gasteiger partial charge in [-0.2, -0.15) is 0 Å². The smallest absolute Gasteiger partial charge is 0.338 e. The molecule has 34 heavy (non-hydrogen) atoms. The molecule has 0 radical (unpaired) electrons. The molecule has 0 saturated carbocycles. The van der Waals surface area contributed by atoms with Gasteiger partial charge in [-0.1, -0.05) is 13.3 Å². The van der Waals surface area contributed by atoms with Gasteiger partial charge >= 0.3 is 5.97 Å². The van der Waals surface area contributed by atoms with Gasteiger partial charge in [-0.25, -0.2) is 9.78 Å². The molecule has 3 aromatic rings. The van der Waals surface area contributed by atoms with Crippen LogP contribution in [0.5, 0.6) is 11.5 Å². The van der Waals surface area contributed by atoms with Crippen molar-refractivity contribution in [1.82, 2.24) is 4.98 Å². The van der Waals surface area contributed by atoms with E-state index in [4.69, 9.17) is 14.2 Å². The summed E-state index contributed by atoms with van der Waals surface area (Å²) in [5.74, 6) is -0.314. The minimum absolute atomic E-state index is 0.145. The maximum Gasteiger partial charge on any atom is 0.338 e. The van der Waals surface area contributed by atoms with Gasteiger partial charge in [-0.15, -0.1) is 11.3 Å². The molecule has 0 aliphatic heterocycles. The summed E-state index contributed by atoms with van der Waals surface area (Å²) < 4.78 is 15.5. The van der Waals surface area contributed by atoms with Crippen LogP contribution in [0.4, 0.5) is 10.8 Å². The van der Waals surface area contributed by atoms with Crippen LogP contribution in [0.15, 0.2) is 47.8 Å². The van der Waals surface area contributed by atoms with E-state index in [0.29, 0.717) is 34.9 Å². The second kappa shape index (κ2) is 11.8. The largest absolute Gasteiger partial charge is 0.497 e. The molecule has 1 aromatic heterocycles. The summed E-state index contributed by atoms with van der Waals surface area (Å²) in [6, 6.07) is 11.2. The van der Waals surface area contributed by atoms with E-state index in [1.807, 2.05) is 6.92 Å². The number of hydrogen-bond donors (Lipinski definition) is 2. The van der Waals surface area contributed by atoms with Gasteiger partial charge in [0.25, 0.3) is 11.8 Å². The molecule has 178 valence electrons. The van der Waals surface area contributed by atoms with Crippen LogP contribution in [0, 0.1) is 0 Å². The Morgan fingerprint density at radius 3 is 2.21 bits per heavy atom. The Morgan fingerprint density at radius 1 is 0.912 bits per heavy atom. The number of benzene rings is 2. The molecule has 10 heteroatoms. The van der Waals surface area contributed by atoms with Crippen molar-refractivity contribution in [2.45, 2.75) is 19.8 Å². The van der Waals surface area contributed by atoms with Gasteiger partial charge in [0, 0.05) is 22.7 Å². The number of carbonyl (C=O) groups is 3. The summed E-state index contributed by atoms with van der Waals surface area (Å²) in [7, 11) is 2.99. The predicted molar refractivity (Wildman–Crippen MR) is 129 cm³/mol. The highest BCUT2D eigenvalue weighted by molar-refractivity contribution is 7.14. The van der Waals surface area contributed by atoms with Crippen LogP contribution in [-0.4, -0.2) is 43.6 Å². The van der Waals surface area contributed by atoms with Crippen molar-refractivity contribution in [1.29, 1.82) is 0 Å². The predicted octanol–water partition coefficient (Wildman–Crippen LogP) is 4.62. The third-order valence-electron chi connectivity index (χ3n) is 4.68. The monoisotopic (exact) mass is 483 g/mol. The molecule has 0 bridgehead atoms. The van der Waals surface area contributed by atoms with Crippen molar-refractivity contribution in [2.24, 2.45) is 0 Å². The molecule has 0 saturated heterocycles. The molecule has 0 fully saturated rings. The van der Waals surface area contributed by atoms with E-state index >= 15 is 0 Å². The van der Waals surface area contributed by atoms with Crippen molar-refractivity contribution >= 4 is 39.9 Å². The summed E-state index contributed by atoms with van der Waals surface area (Å²) in [5.41, 5.74) is 1.37. The van der Waals surface area contributed by atoms with Gasteiger partial charge in [0.1, 0.15) is 17.2 Å². The molecule has 1 heterocycles. The molecule has 0 aliphatic carbocycles. The Bertz CT molecular complexity index is 1140. The normalized spacial score (nSPS) is 10.3. The summed E-state index contributed by atoms with van der Waals surface area (Å²) in [6.07, 6.45) is 1.75. The van der Waals surface area contributed by atoms with Gasteiger partial charge in [-0.3, -0.25) is 14.9 Å². The van der Waals surface area contributed by atoms with Crippen LogP contribution in [0.25, 0.3) is 0 Å². The summed E-state index contributed by atoms with van der Waals surface area (Å²) in [4.78, 5) is 41.3. The van der Waals surface area contributed by atoms with E-state index < -0.39 is 17.8 Å². The molecule has 0 aliphatic rings. The Labute approximate surface area is 201 Å². The van der Waals surface area contributed by atoms with E-state index in [1.54, 1.807) is 42.5 Å². The van der Waals surface area contributed by atoms with Crippen molar-refractivity contribution in [3.63, 3.8) is 0 Å². The number of methoxy groups -OCH3 is 2. The number of aromatic nitrogens is 1. The number of rotatable bonds is 10. The molecular formula is C24H25N3O6S. The molecule has 2 N–H and O–H groups in total. The number of nitrogens with zero attached hydrogens (tertiary/aromatic N) is 1. The Hall–Kier alpha value is -3.92. The highest BCUT2D eigenvalue weighted by Gasteiger charge is 2.15. The van der Waals surface area contributed by atoms with E-state index in [-0.39, 0.29) is 10.8 Å². The van der Waals surface area contributed by atoms with Gasteiger partial charge in [-0.05, 0) is 42.8 Å². The summed E-state index contributed by atoms with van der Waals surface area (Å²) in [5, 5.41) is 7.18. The average Bonchev–Trinajstić information content (AvgIpc) is 3.32. The Kier molecular flexibility index (Phi) is 8.58. The first-order valence-corrected chi connectivity index (χ1v) is 11.4. The lowest BCUT2D eigenvalue weighted by atomic mass is 10.2. The van der Waals surface area contributed by atoms with Crippen molar-refractivity contribution in [2.75, 3.05) is 31.5 Å². The summed E-state index contributed by atoms with van der Waals surface area (Å²) in [6.45, 7) is 2.39. The van der Waals surface area contributed by atoms with Gasteiger partial charge in [0.2, 0.25) is 0 Å². The first kappa shape index (κ1) is 24.7. The highest BCUT2D eigenvalue weighted by atomic mass is 32.1. The first-order valence-electron chi connectivity index (χ1n) is 10.5. The minimum atomic E-state index is -0.446. The number of unbranched alkanes of at least 4 members (excludes halogenated alkanes) is 1. The maximum absolute atomic E-state index is 12.6. The first-order chi connectivity index (χ1) is 16.4. The number of ether oxygens (including phenoxy) is 3. The van der Waals surface area contributed by atoms with Crippen LogP contribution in [0.3, 0.4) is 0 Å². The molecule has 2 amide bonds. The van der Waals surface area contributed by atoms with E-state index in [0.717, 1.165) is 24.2 Å². The zero-order chi connectivity index (χ0) is 24.5. The van der Waals surface area contributed by atoms with Crippen LogP contribution in [-0.2, 0) is 4.74 Å². The maximum atomic E-state index is 12.6. The van der Waals surface area contributed by atoms with Gasteiger partial charge in [0.15, 0.2) is 5.13 Å². The van der Waals surface area contributed by atoms with Crippen molar-refractivity contribution in [3.05, 3.63) is 64.7 Å². The van der Waals surface area contributed by atoms with E-state index in [1.165, 1.54) is 19.6 Å². The lowest BCUT2D eigenvalue weighted by molar-refractivity contribution is 0.0499. The fraction of sp³-hybridized carbons (Fsp3) is 0.250. The Balaban J connectivity index is 1.60. The lowest BCUT2D eigenvalue weighted by Gasteiger charge is -2.08. The zero-order valence-electron chi connectivity index (χ0n) is 19.0. The van der Waals surface area contributed by atoms with Crippen LogP contribution in [0.1, 0.15) is 51.0 Å². The number of amides is 2. The minimum Gasteiger partial charge on any atom is -0.497 e. The second-order valence-electron chi connectivity index (χ2n) is 7.11. The van der Waals surface area contributed by atoms with Gasteiger partial charge in [0.05, 0.1) is 26.4 Å². The molecule has 9 nitrogen and oxygen atoms in total. The number of anilines is 2. The van der Waals surface area contributed by atoms with Crippen molar-refractivity contribution in [3.8, 4) is 11.5 Å². The van der Waals surface area contributed by atoms with Crippen LogP contribution >= 0.6 is 11.3 Å². The number of hydrogen-bond acceptors (Lipinski definition) is 8. The lowest BCUT2D eigenvalue weighted by Crippen LogP contribution is -2.14. The van der Waals surface area contributed by atoms with Gasteiger partial charge < -0.3 is 19.5 Å². The molecule has 0 spiro atoms. The number of nitrogens with one attached hydrogen (secondary N) is 2. The quantitative estimate of drug-likeness (QED) is 0.319.